The van der Waals surface area contributed by atoms with Crippen LogP contribution >= 0.6 is 0 Å². The highest BCUT2D eigenvalue weighted by molar-refractivity contribution is 5.71. The van der Waals surface area contributed by atoms with Crippen molar-refractivity contribution in [2.45, 2.75) is 37.5 Å². The summed E-state index contributed by atoms with van der Waals surface area (Å²) in [6.45, 7) is 0. The van der Waals surface area contributed by atoms with Crippen LogP contribution in [0.15, 0.2) is 24.3 Å². The van der Waals surface area contributed by atoms with E-state index in [1.54, 1.807) is 12.1 Å². The number of carbonyl (C=O) groups is 1. The van der Waals surface area contributed by atoms with E-state index >= 15 is 0 Å². The molecule has 4 aliphatic rings. The molecule has 4 fully saturated rings. The van der Waals surface area contributed by atoms with Gasteiger partial charge in [-0.2, -0.15) is 0 Å². The van der Waals surface area contributed by atoms with Gasteiger partial charge in [-0.15, -0.1) is 0 Å². The molecule has 0 amide bonds. The molecule has 0 spiro atoms. The Kier molecular flexibility index (Phi) is 2.45. The van der Waals surface area contributed by atoms with Crippen LogP contribution in [0.1, 0.15) is 37.7 Å². The second-order valence-electron chi connectivity index (χ2n) is 7.16. The number of benzene rings is 1. The Morgan fingerprint density at radius 1 is 1.05 bits per heavy atom. The van der Waals surface area contributed by atoms with Gasteiger partial charge in [0, 0.05) is 0 Å². The first-order valence-electron chi connectivity index (χ1n) is 7.60. The zero-order valence-corrected chi connectivity index (χ0v) is 11.5. The van der Waals surface area contributed by atoms with Crippen LogP contribution in [0.3, 0.4) is 0 Å². The molecule has 4 bridgehead atoms. The summed E-state index contributed by atoms with van der Waals surface area (Å²) in [5.41, 5.74) is 1.48. The van der Waals surface area contributed by atoms with Crippen molar-refractivity contribution in [3.63, 3.8) is 0 Å². The number of carboxylic acid groups (broad SMARTS) is 1. The predicted molar refractivity (Wildman–Crippen MR) is 74.5 cm³/mol. The van der Waals surface area contributed by atoms with E-state index in [1.807, 2.05) is 12.1 Å². The molecule has 4 aliphatic carbocycles. The maximum atomic E-state index is 11.5. The number of phenolic OH excluding ortho intramolecular Hbond substituents is 1. The number of aliphatic carboxylic acids is 1. The van der Waals surface area contributed by atoms with Crippen molar-refractivity contribution in [1.29, 1.82) is 0 Å². The van der Waals surface area contributed by atoms with Gasteiger partial charge in [-0.1, -0.05) is 12.1 Å². The lowest BCUT2D eigenvalue weighted by molar-refractivity contribution is -0.157. The number of rotatable bonds is 2. The Bertz CT molecular complexity index is 532. The van der Waals surface area contributed by atoms with Gasteiger partial charge in [-0.05, 0) is 73.0 Å². The van der Waals surface area contributed by atoms with E-state index in [4.69, 9.17) is 0 Å². The Morgan fingerprint density at radius 2 is 1.65 bits per heavy atom. The highest BCUT2D eigenvalue weighted by atomic mass is 16.4. The molecule has 3 nitrogen and oxygen atoms in total. The predicted octanol–water partition coefficient (Wildman–Crippen LogP) is 3.17. The SMILES string of the molecule is O=C(O)[C@H]1C2CC3CC1C[C@@](c1ccc(O)cc1)(C3)C2. The number of carboxylic acids is 1. The molecule has 0 saturated heterocycles. The molecular weight excluding hydrogens is 252 g/mol. The minimum atomic E-state index is -0.584. The van der Waals surface area contributed by atoms with Crippen molar-refractivity contribution in [3.05, 3.63) is 29.8 Å². The quantitative estimate of drug-likeness (QED) is 0.869. The van der Waals surface area contributed by atoms with E-state index < -0.39 is 5.97 Å². The molecular formula is C17H20O3. The van der Waals surface area contributed by atoms with Crippen LogP contribution in [0.25, 0.3) is 0 Å². The largest absolute Gasteiger partial charge is 0.508 e. The lowest BCUT2D eigenvalue weighted by Gasteiger charge is -2.59. The molecule has 4 saturated carbocycles. The van der Waals surface area contributed by atoms with E-state index in [0.717, 1.165) is 25.7 Å². The average molecular weight is 272 g/mol. The van der Waals surface area contributed by atoms with Crippen LogP contribution in [-0.2, 0) is 10.2 Å². The number of hydrogen-bond acceptors (Lipinski definition) is 2. The molecule has 0 aromatic heterocycles. The zero-order chi connectivity index (χ0) is 13.9. The molecule has 0 heterocycles. The van der Waals surface area contributed by atoms with Crippen LogP contribution in [0.2, 0.25) is 0 Å². The molecule has 2 atom stereocenters. The standard InChI is InChI=1S/C17H20O3/c18-14-3-1-13(2-4-14)17-7-10-5-11(8-17)15(16(19)20)12(6-10)9-17/h1-4,10-12,15,18H,5-9H2,(H,19,20)/t10?,11?,12?,15-,17+. The zero-order valence-electron chi connectivity index (χ0n) is 11.5. The Hall–Kier alpha value is -1.51. The first kappa shape index (κ1) is 12.2. The minimum absolute atomic E-state index is 0.114. The fourth-order valence-corrected chi connectivity index (χ4v) is 5.60. The van der Waals surface area contributed by atoms with Gasteiger partial charge in [-0.25, -0.2) is 0 Å². The highest BCUT2D eigenvalue weighted by Gasteiger charge is 2.57. The van der Waals surface area contributed by atoms with E-state index in [1.165, 1.54) is 12.0 Å². The summed E-state index contributed by atoms with van der Waals surface area (Å²) in [5.74, 6) is 1.02. The number of phenols is 1. The van der Waals surface area contributed by atoms with Gasteiger partial charge in [0.05, 0.1) is 5.92 Å². The van der Waals surface area contributed by atoms with Crippen LogP contribution in [0, 0.1) is 23.7 Å². The third-order valence-electron chi connectivity index (χ3n) is 6.04. The van der Waals surface area contributed by atoms with Crippen LogP contribution in [0.4, 0.5) is 0 Å². The lowest BCUT2D eigenvalue weighted by Crippen LogP contribution is -2.54. The second-order valence-corrected chi connectivity index (χ2v) is 7.16. The van der Waals surface area contributed by atoms with Crippen molar-refractivity contribution >= 4 is 5.97 Å². The van der Waals surface area contributed by atoms with Gasteiger partial charge in [0.1, 0.15) is 5.75 Å². The van der Waals surface area contributed by atoms with E-state index in [2.05, 4.69) is 0 Å². The number of aromatic hydroxyl groups is 1. The van der Waals surface area contributed by atoms with Gasteiger partial charge in [0.2, 0.25) is 0 Å². The molecule has 3 heteroatoms. The molecule has 2 N–H and O–H groups in total. The molecule has 106 valence electrons. The summed E-state index contributed by atoms with van der Waals surface area (Å²) >= 11 is 0. The summed E-state index contributed by atoms with van der Waals surface area (Å²) in [7, 11) is 0. The molecule has 1 aromatic carbocycles. The maximum absolute atomic E-state index is 11.5. The van der Waals surface area contributed by atoms with Gasteiger partial charge in [0.25, 0.3) is 0 Å². The molecule has 5 rings (SSSR count). The Balaban J connectivity index is 1.72. The lowest BCUT2D eigenvalue weighted by atomic mass is 9.45. The monoisotopic (exact) mass is 272 g/mol. The molecule has 20 heavy (non-hydrogen) atoms. The van der Waals surface area contributed by atoms with Crippen LogP contribution in [-0.4, -0.2) is 16.2 Å². The molecule has 0 radical (unpaired) electrons. The normalized spacial score (nSPS) is 41.8. The van der Waals surface area contributed by atoms with Gasteiger partial charge >= 0.3 is 5.97 Å². The van der Waals surface area contributed by atoms with E-state index in [0.29, 0.717) is 23.5 Å². The summed E-state index contributed by atoms with van der Waals surface area (Å²) in [4.78, 5) is 11.5. The average Bonchev–Trinajstić information content (AvgIpc) is 2.37. The minimum Gasteiger partial charge on any atom is -0.508 e. The van der Waals surface area contributed by atoms with Crippen LogP contribution < -0.4 is 0 Å². The van der Waals surface area contributed by atoms with Gasteiger partial charge < -0.3 is 10.2 Å². The molecule has 0 aliphatic heterocycles. The van der Waals surface area contributed by atoms with Crippen molar-refractivity contribution in [2.75, 3.05) is 0 Å². The fourth-order valence-electron chi connectivity index (χ4n) is 5.60. The summed E-state index contributed by atoms with van der Waals surface area (Å²) in [6, 6.07) is 7.61. The van der Waals surface area contributed by atoms with Crippen molar-refractivity contribution in [2.24, 2.45) is 23.7 Å². The summed E-state index contributed by atoms with van der Waals surface area (Å²) < 4.78 is 0. The number of hydrogen-bond donors (Lipinski definition) is 2. The topological polar surface area (TPSA) is 57.5 Å². The maximum Gasteiger partial charge on any atom is 0.307 e. The van der Waals surface area contributed by atoms with E-state index in [-0.39, 0.29) is 11.3 Å². The van der Waals surface area contributed by atoms with Crippen molar-refractivity contribution in [3.8, 4) is 5.75 Å². The molecule has 2 unspecified atom stereocenters. The molecule has 1 aromatic rings. The first-order valence-corrected chi connectivity index (χ1v) is 7.60. The summed E-state index contributed by atoms with van der Waals surface area (Å²) in [6.07, 6.45) is 5.45. The second kappa shape index (κ2) is 4.00. The Morgan fingerprint density at radius 3 is 2.20 bits per heavy atom. The smallest absolute Gasteiger partial charge is 0.307 e. The third-order valence-corrected chi connectivity index (χ3v) is 6.04. The first-order chi connectivity index (χ1) is 9.57. The highest BCUT2D eigenvalue weighted by Crippen LogP contribution is 2.62. The summed E-state index contributed by atoms with van der Waals surface area (Å²) in [5, 5.41) is 19.0. The van der Waals surface area contributed by atoms with Crippen molar-refractivity contribution in [1.82, 2.24) is 0 Å². The van der Waals surface area contributed by atoms with Gasteiger partial charge in [-0.3, -0.25) is 4.79 Å². The van der Waals surface area contributed by atoms with E-state index in [9.17, 15) is 15.0 Å². The fraction of sp³-hybridized carbons (Fsp3) is 0.588. The van der Waals surface area contributed by atoms with Crippen LogP contribution in [0.5, 0.6) is 5.75 Å². The Labute approximate surface area is 118 Å². The van der Waals surface area contributed by atoms with Gasteiger partial charge in [0.15, 0.2) is 0 Å². The third kappa shape index (κ3) is 1.62. The van der Waals surface area contributed by atoms with Crippen molar-refractivity contribution < 1.29 is 15.0 Å².